The zero-order valence-electron chi connectivity index (χ0n) is 15.2. The highest BCUT2D eigenvalue weighted by Crippen LogP contribution is 2.24. The van der Waals surface area contributed by atoms with Crippen LogP contribution in [0, 0.1) is 6.92 Å². The molecule has 3 N–H and O–H groups in total. The van der Waals surface area contributed by atoms with Crippen molar-refractivity contribution in [3.63, 3.8) is 0 Å². The predicted octanol–water partition coefficient (Wildman–Crippen LogP) is 3.28. The number of nitrogens with zero attached hydrogens (tertiary/aromatic N) is 1. The Kier molecular flexibility index (Phi) is 7.20. The van der Waals surface area contributed by atoms with Gasteiger partial charge in [0.2, 0.25) is 10.0 Å². The smallest absolute Gasteiger partial charge is 0.255 e. The van der Waals surface area contributed by atoms with Crippen LogP contribution in [0.5, 0.6) is 0 Å². The van der Waals surface area contributed by atoms with Crippen LogP contribution in [0.4, 0.5) is 11.4 Å². The normalized spacial score (nSPS) is 11.3. The first-order chi connectivity index (χ1) is 11.6. The van der Waals surface area contributed by atoms with Crippen LogP contribution in [0.2, 0.25) is 0 Å². The van der Waals surface area contributed by atoms with Crippen molar-refractivity contribution in [1.82, 2.24) is 4.31 Å². The van der Waals surface area contributed by atoms with Crippen molar-refractivity contribution in [2.45, 2.75) is 31.7 Å². The Labute approximate surface area is 160 Å². The summed E-state index contributed by atoms with van der Waals surface area (Å²) in [5.41, 5.74) is 7.87. The Hall–Kier alpha value is -2.09. The number of carbonyl (C=O) groups excluding carboxylic acids is 1. The number of carbonyl (C=O) groups is 1. The summed E-state index contributed by atoms with van der Waals surface area (Å²) in [6, 6.07) is 11.1. The molecule has 0 radical (unpaired) electrons. The van der Waals surface area contributed by atoms with E-state index in [9.17, 15) is 13.2 Å². The zero-order valence-corrected chi connectivity index (χ0v) is 16.8. The molecule has 0 fully saturated rings. The molecule has 0 saturated carbocycles. The summed E-state index contributed by atoms with van der Waals surface area (Å²) in [6.07, 6.45) is 0. The Bertz CT molecular complexity index is 881. The molecule has 0 aromatic heterocycles. The number of anilines is 2. The number of benzene rings is 2. The quantitative estimate of drug-likeness (QED) is 0.757. The summed E-state index contributed by atoms with van der Waals surface area (Å²) >= 11 is 0. The zero-order chi connectivity index (χ0) is 18.8. The number of nitrogens with two attached hydrogens (primary N) is 1. The minimum absolute atomic E-state index is 0. The number of nitrogens with one attached hydrogen (secondary N) is 1. The molecule has 0 aliphatic carbocycles. The molecular weight excluding hydrogens is 374 g/mol. The largest absolute Gasteiger partial charge is 0.399 e. The summed E-state index contributed by atoms with van der Waals surface area (Å²) in [7, 11) is -2.08. The van der Waals surface area contributed by atoms with Crippen LogP contribution < -0.4 is 11.1 Å². The minimum Gasteiger partial charge on any atom is -0.399 e. The Balaban J connectivity index is 0.00000338. The van der Waals surface area contributed by atoms with Crippen molar-refractivity contribution in [3.05, 3.63) is 53.6 Å². The fourth-order valence-corrected chi connectivity index (χ4v) is 3.56. The van der Waals surface area contributed by atoms with Gasteiger partial charge in [-0.05, 0) is 62.7 Å². The van der Waals surface area contributed by atoms with Crippen LogP contribution in [0.25, 0.3) is 0 Å². The molecule has 6 nitrogen and oxygen atoms in total. The van der Waals surface area contributed by atoms with Crippen molar-refractivity contribution in [2.75, 3.05) is 18.1 Å². The first-order valence-corrected chi connectivity index (χ1v) is 9.32. The molecule has 0 spiro atoms. The summed E-state index contributed by atoms with van der Waals surface area (Å²) in [5, 5.41) is 2.76. The molecule has 142 valence electrons. The molecule has 2 rings (SSSR count). The van der Waals surface area contributed by atoms with Gasteiger partial charge in [0, 0.05) is 30.0 Å². The molecule has 0 atom stereocenters. The maximum absolute atomic E-state index is 12.6. The van der Waals surface area contributed by atoms with Crippen molar-refractivity contribution < 1.29 is 13.2 Å². The maximum atomic E-state index is 12.6. The van der Waals surface area contributed by atoms with Gasteiger partial charge < -0.3 is 11.1 Å². The fraction of sp³-hybridized carbons (Fsp3) is 0.278. The summed E-state index contributed by atoms with van der Waals surface area (Å²) < 4.78 is 26.6. The monoisotopic (exact) mass is 397 g/mol. The van der Waals surface area contributed by atoms with Crippen LogP contribution in [-0.2, 0) is 10.0 Å². The van der Waals surface area contributed by atoms with Gasteiger partial charge in [0.05, 0.1) is 4.90 Å². The van der Waals surface area contributed by atoms with Gasteiger partial charge in [-0.15, -0.1) is 12.4 Å². The average molecular weight is 398 g/mol. The molecule has 2 aromatic carbocycles. The summed E-state index contributed by atoms with van der Waals surface area (Å²) in [5.74, 6) is -0.324. The topological polar surface area (TPSA) is 92.5 Å². The van der Waals surface area contributed by atoms with Crippen LogP contribution in [0.3, 0.4) is 0 Å². The third kappa shape index (κ3) is 4.75. The van der Waals surface area contributed by atoms with Gasteiger partial charge >= 0.3 is 0 Å². The van der Waals surface area contributed by atoms with Gasteiger partial charge in [-0.25, -0.2) is 8.42 Å². The second kappa shape index (κ2) is 8.53. The highest BCUT2D eigenvalue weighted by Gasteiger charge is 2.24. The number of hydrogen-bond donors (Lipinski definition) is 2. The predicted molar refractivity (Wildman–Crippen MR) is 107 cm³/mol. The second-order valence-electron chi connectivity index (χ2n) is 6.17. The van der Waals surface area contributed by atoms with Crippen molar-refractivity contribution >= 4 is 39.7 Å². The van der Waals surface area contributed by atoms with Crippen LogP contribution in [0.1, 0.15) is 29.8 Å². The lowest BCUT2D eigenvalue weighted by Crippen LogP contribution is -2.33. The van der Waals surface area contributed by atoms with E-state index < -0.39 is 10.0 Å². The summed E-state index contributed by atoms with van der Waals surface area (Å²) in [4.78, 5) is 12.5. The average Bonchev–Trinajstić information content (AvgIpc) is 2.56. The van der Waals surface area contributed by atoms with Crippen LogP contribution in [0.15, 0.2) is 47.4 Å². The molecule has 0 aliphatic heterocycles. The van der Waals surface area contributed by atoms with E-state index in [2.05, 4.69) is 5.32 Å². The molecule has 0 bridgehead atoms. The molecule has 0 saturated heterocycles. The van der Waals surface area contributed by atoms with E-state index in [1.54, 1.807) is 57.2 Å². The van der Waals surface area contributed by atoms with E-state index in [1.165, 1.54) is 17.4 Å². The molecule has 0 aliphatic rings. The van der Waals surface area contributed by atoms with Gasteiger partial charge in [-0.3, -0.25) is 4.79 Å². The molecule has 0 unspecified atom stereocenters. The van der Waals surface area contributed by atoms with E-state index in [1.807, 2.05) is 0 Å². The standard InChI is InChI=1S/C18H23N3O3S.ClH/c1-12(2)21(4)25(23,24)16-10-5-13(3)17(11-16)20-18(22)14-6-8-15(19)9-7-14;/h5-12H,19H2,1-4H3,(H,20,22);1H. The molecule has 26 heavy (non-hydrogen) atoms. The van der Waals surface area contributed by atoms with E-state index in [-0.39, 0.29) is 29.3 Å². The minimum atomic E-state index is -3.62. The third-order valence-corrected chi connectivity index (χ3v) is 6.06. The molecule has 8 heteroatoms. The number of hydrogen-bond acceptors (Lipinski definition) is 4. The van der Waals surface area contributed by atoms with Crippen molar-refractivity contribution in [1.29, 1.82) is 0 Å². The van der Waals surface area contributed by atoms with Gasteiger partial charge in [-0.2, -0.15) is 4.31 Å². The molecule has 2 aromatic rings. The maximum Gasteiger partial charge on any atom is 0.255 e. The molecule has 1 amide bonds. The van der Waals surface area contributed by atoms with Crippen molar-refractivity contribution in [2.24, 2.45) is 0 Å². The van der Waals surface area contributed by atoms with Crippen molar-refractivity contribution in [3.8, 4) is 0 Å². The van der Waals surface area contributed by atoms with E-state index in [0.29, 0.717) is 16.9 Å². The van der Waals surface area contributed by atoms with E-state index in [4.69, 9.17) is 5.73 Å². The Morgan fingerprint density at radius 2 is 1.69 bits per heavy atom. The second-order valence-corrected chi connectivity index (χ2v) is 8.17. The Morgan fingerprint density at radius 3 is 2.23 bits per heavy atom. The number of amides is 1. The fourth-order valence-electron chi connectivity index (χ4n) is 2.17. The highest BCUT2D eigenvalue weighted by atomic mass is 35.5. The van der Waals surface area contributed by atoms with Crippen LogP contribution >= 0.6 is 12.4 Å². The highest BCUT2D eigenvalue weighted by molar-refractivity contribution is 7.89. The van der Waals surface area contributed by atoms with Crippen LogP contribution in [-0.4, -0.2) is 31.7 Å². The van der Waals surface area contributed by atoms with Gasteiger partial charge in [0.15, 0.2) is 0 Å². The lowest BCUT2D eigenvalue weighted by molar-refractivity contribution is 0.102. The van der Waals surface area contributed by atoms with E-state index >= 15 is 0 Å². The number of aryl methyl sites for hydroxylation is 1. The first kappa shape index (κ1) is 22.0. The third-order valence-electron chi connectivity index (χ3n) is 4.03. The van der Waals surface area contributed by atoms with Gasteiger partial charge in [-0.1, -0.05) is 6.07 Å². The Morgan fingerprint density at radius 1 is 1.12 bits per heavy atom. The lowest BCUT2D eigenvalue weighted by Gasteiger charge is -2.21. The first-order valence-electron chi connectivity index (χ1n) is 7.88. The molecular formula is C18H24ClN3O3S. The number of rotatable bonds is 5. The number of nitrogen functional groups attached to an aromatic ring is 1. The van der Waals surface area contributed by atoms with Gasteiger partial charge in [0.1, 0.15) is 0 Å². The molecule has 0 heterocycles. The lowest BCUT2D eigenvalue weighted by atomic mass is 10.1. The number of halogens is 1. The van der Waals surface area contributed by atoms with E-state index in [0.717, 1.165) is 5.56 Å². The summed E-state index contributed by atoms with van der Waals surface area (Å²) in [6.45, 7) is 5.41. The number of sulfonamides is 1. The van der Waals surface area contributed by atoms with Gasteiger partial charge in [0.25, 0.3) is 5.91 Å². The SMILES string of the molecule is Cc1ccc(S(=O)(=O)N(C)C(C)C)cc1NC(=O)c1ccc(N)cc1.Cl.